The molecule has 0 aliphatic carbocycles. The predicted molar refractivity (Wildman–Crippen MR) is 43.3 cm³/mol. The summed E-state index contributed by atoms with van der Waals surface area (Å²) < 4.78 is 37.9. The maximum absolute atomic E-state index is 11.5. The number of hydrogen-bond donors (Lipinski definition) is 2. The molecule has 0 aromatic carbocycles. The number of amides is 1. The fourth-order valence-corrected chi connectivity index (χ4v) is 0.846. The molecule has 84 valence electrons. The number of rotatable bonds is 6. The van der Waals surface area contributed by atoms with Crippen molar-refractivity contribution in [2.75, 3.05) is 13.2 Å². The summed E-state index contributed by atoms with van der Waals surface area (Å²) in [4.78, 5) is 10.4. The van der Waals surface area contributed by atoms with Gasteiger partial charge in [-0.15, -0.1) is 13.2 Å². The van der Waals surface area contributed by atoms with Crippen LogP contribution >= 0.6 is 0 Å². The third-order valence-corrected chi connectivity index (χ3v) is 1.37. The number of primary amides is 1. The topological polar surface area (TPSA) is 64.4 Å². The number of halogens is 3. The van der Waals surface area contributed by atoms with Crippen molar-refractivity contribution in [2.24, 2.45) is 5.73 Å². The molecule has 0 heterocycles. The van der Waals surface area contributed by atoms with Gasteiger partial charge in [-0.2, -0.15) is 0 Å². The molecule has 0 radical (unpaired) electrons. The molecule has 0 aromatic rings. The van der Waals surface area contributed by atoms with Gasteiger partial charge in [-0.1, -0.05) is 0 Å². The fraction of sp³-hybridized carbons (Fsp3) is 0.857. The number of carbonyl (C=O) groups excluding carboxylic acids is 1. The maximum Gasteiger partial charge on any atom is 0.522 e. The molecule has 0 saturated heterocycles. The van der Waals surface area contributed by atoms with Crippen molar-refractivity contribution in [3.8, 4) is 0 Å². The number of carbonyl (C=O) groups is 1. The predicted octanol–water partition coefficient (Wildman–Crippen LogP) is 0.376. The van der Waals surface area contributed by atoms with E-state index >= 15 is 0 Å². The van der Waals surface area contributed by atoms with E-state index in [1.807, 2.05) is 0 Å². The minimum Gasteiger partial charge on any atom is -0.370 e. The van der Waals surface area contributed by atoms with Crippen molar-refractivity contribution in [1.29, 1.82) is 0 Å². The van der Waals surface area contributed by atoms with Gasteiger partial charge >= 0.3 is 6.36 Å². The van der Waals surface area contributed by atoms with Gasteiger partial charge in [0, 0.05) is 19.0 Å². The zero-order chi connectivity index (χ0) is 11.2. The van der Waals surface area contributed by atoms with Gasteiger partial charge in [-0.25, -0.2) is 0 Å². The fourth-order valence-electron chi connectivity index (χ4n) is 0.846. The van der Waals surface area contributed by atoms with Crippen molar-refractivity contribution in [3.63, 3.8) is 0 Å². The van der Waals surface area contributed by atoms with Gasteiger partial charge in [0.2, 0.25) is 5.91 Å². The largest absolute Gasteiger partial charge is 0.522 e. The van der Waals surface area contributed by atoms with E-state index in [0.717, 1.165) is 0 Å². The van der Waals surface area contributed by atoms with Gasteiger partial charge in [-0.3, -0.25) is 9.53 Å². The van der Waals surface area contributed by atoms with Crippen molar-refractivity contribution in [2.45, 2.75) is 25.7 Å². The monoisotopic (exact) mass is 214 g/mol. The Morgan fingerprint density at radius 3 is 2.57 bits per heavy atom. The summed E-state index contributed by atoms with van der Waals surface area (Å²) >= 11 is 0. The molecule has 3 N–H and O–H groups in total. The summed E-state index contributed by atoms with van der Waals surface area (Å²) in [6.07, 6.45) is -4.51. The molecule has 0 rings (SSSR count). The van der Waals surface area contributed by atoms with Crippen molar-refractivity contribution in [3.05, 3.63) is 0 Å². The van der Waals surface area contributed by atoms with Crippen LogP contribution < -0.4 is 11.1 Å². The number of hydrogen-bond acceptors (Lipinski definition) is 3. The van der Waals surface area contributed by atoms with E-state index in [9.17, 15) is 18.0 Å². The van der Waals surface area contributed by atoms with Crippen molar-refractivity contribution >= 4 is 5.91 Å². The first-order valence-electron chi connectivity index (χ1n) is 4.03. The minimum absolute atomic E-state index is 0.0218. The molecular weight excluding hydrogens is 201 g/mol. The highest BCUT2D eigenvalue weighted by atomic mass is 19.4. The Kier molecular flexibility index (Phi) is 5.47. The Bertz CT molecular complexity index is 184. The van der Waals surface area contributed by atoms with Gasteiger partial charge in [-0.05, 0) is 6.92 Å². The van der Waals surface area contributed by atoms with Crippen LogP contribution in [0.15, 0.2) is 0 Å². The van der Waals surface area contributed by atoms with E-state index in [4.69, 9.17) is 5.73 Å². The number of alkyl halides is 3. The standard InChI is InChI=1S/C7H13F3N2O2/c1-5(4-6(11)13)12-2-3-14-7(8,9)10/h5,12H,2-4H2,1H3,(H2,11,13). The summed E-state index contributed by atoms with van der Waals surface area (Å²) in [5.41, 5.74) is 4.88. The summed E-state index contributed by atoms with van der Waals surface area (Å²) in [5.74, 6) is -0.498. The quantitative estimate of drug-likeness (QED) is 0.628. The van der Waals surface area contributed by atoms with Crippen LogP contribution in [0.25, 0.3) is 0 Å². The number of nitrogens with one attached hydrogen (secondary N) is 1. The third-order valence-electron chi connectivity index (χ3n) is 1.37. The summed E-state index contributed by atoms with van der Waals surface area (Å²) in [6.45, 7) is 1.19. The molecule has 0 bridgehead atoms. The Morgan fingerprint density at radius 2 is 2.14 bits per heavy atom. The second-order valence-electron chi connectivity index (χ2n) is 2.82. The SMILES string of the molecule is CC(CC(N)=O)NCCOC(F)(F)F. The average Bonchev–Trinajstić information content (AvgIpc) is 1.95. The van der Waals surface area contributed by atoms with E-state index in [0.29, 0.717) is 0 Å². The molecule has 4 nitrogen and oxygen atoms in total. The van der Waals surface area contributed by atoms with Crippen molar-refractivity contribution < 1.29 is 22.7 Å². The van der Waals surface area contributed by atoms with Crippen molar-refractivity contribution in [1.82, 2.24) is 5.32 Å². The van der Waals surface area contributed by atoms with Crippen LogP contribution in [0.2, 0.25) is 0 Å². The lowest BCUT2D eigenvalue weighted by Gasteiger charge is -2.12. The van der Waals surface area contributed by atoms with Crippen LogP contribution in [-0.4, -0.2) is 31.5 Å². The summed E-state index contributed by atoms with van der Waals surface area (Å²) in [6, 6.07) is -0.246. The van der Waals surface area contributed by atoms with Crippen LogP contribution in [-0.2, 0) is 9.53 Å². The van der Waals surface area contributed by atoms with E-state index in [-0.39, 0.29) is 19.0 Å². The van der Waals surface area contributed by atoms with Crippen LogP contribution in [0.3, 0.4) is 0 Å². The molecule has 0 aliphatic rings. The van der Waals surface area contributed by atoms with Crippen LogP contribution in [0.5, 0.6) is 0 Å². The third kappa shape index (κ3) is 9.27. The van der Waals surface area contributed by atoms with E-state index in [1.54, 1.807) is 6.92 Å². The van der Waals surface area contributed by atoms with Gasteiger partial charge in [0.25, 0.3) is 0 Å². The molecule has 1 atom stereocenters. The molecule has 0 fully saturated rings. The minimum atomic E-state index is -4.60. The van der Waals surface area contributed by atoms with Gasteiger partial charge in [0.1, 0.15) is 0 Å². The average molecular weight is 214 g/mol. The molecule has 0 saturated carbocycles. The maximum atomic E-state index is 11.5. The Morgan fingerprint density at radius 1 is 1.57 bits per heavy atom. The van der Waals surface area contributed by atoms with Gasteiger partial charge in [0.15, 0.2) is 0 Å². The zero-order valence-electron chi connectivity index (χ0n) is 7.73. The number of ether oxygens (including phenoxy) is 1. The molecule has 1 unspecified atom stereocenters. The highest BCUT2D eigenvalue weighted by molar-refractivity contribution is 5.74. The summed E-state index contributed by atoms with van der Waals surface area (Å²) in [5, 5.41) is 2.66. The molecule has 14 heavy (non-hydrogen) atoms. The lowest BCUT2D eigenvalue weighted by Crippen LogP contribution is -2.34. The second-order valence-corrected chi connectivity index (χ2v) is 2.82. The second kappa shape index (κ2) is 5.82. The molecule has 1 amide bonds. The zero-order valence-corrected chi connectivity index (χ0v) is 7.73. The Hall–Kier alpha value is -0.820. The first-order valence-corrected chi connectivity index (χ1v) is 4.03. The molecule has 0 aliphatic heterocycles. The molecule has 0 aromatic heterocycles. The Balaban J connectivity index is 3.41. The van der Waals surface area contributed by atoms with E-state index in [1.165, 1.54) is 0 Å². The van der Waals surface area contributed by atoms with Crippen LogP contribution in [0.4, 0.5) is 13.2 Å². The number of nitrogens with two attached hydrogens (primary N) is 1. The summed E-state index contributed by atoms with van der Waals surface area (Å²) in [7, 11) is 0. The normalized spacial score (nSPS) is 14.0. The Labute approximate surface area is 79.6 Å². The van der Waals surface area contributed by atoms with Gasteiger partial charge < -0.3 is 11.1 Å². The molecular formula is C7H13F3N2O2. The highest BCUT2D eigenvalue weighted by Gasteiger charge is 2.28. The van der Waals surface area contributed by atoms with Crippen LogP contribution in [0, 0.1) is 0 Å². The first kappa shape index (κ1) is 13.2. The lowest BCUT2D eigenvalue weighted by atomic mass is 10.2. The van der Waals surface area contributed by atoms with E-state index < -0.39 is 18.9 Å². The highest BCUT2D eigenvalue weighted by Crippen LogP contribution is 2.15. The lowest BCUT2D eigenvalue weighted by molar-refractivity contribution is -0.323. The van der Waals surface area contributed by atoms with Crippen LogP contribution in [0.1, 0.15) is 13.3 Å². The molecule has 7 heteroatoms. The van der Waals surface area contributed by atoms with E-state index in [2.05, 4.69) is 10.1 Å². The van der Waals surface area contributed by atoms with Gasteiger partial charge in [0.05, 0.1) is 6.61 Å². The first-order chi connectivity index (χ1) is 6.31. The molecule has 0 spiro atoms. The smallest absolute Gasteiger partial charge is 0.370 e.